The van der Waals surface area contributed by atoms with Gasteiger partial charge >= 0.3 is 5.89 Å². The first-order valence-electron chi connectivity index (χ1n) is 9.35. The van der Waals surface area contributed by atoms with Gasteiger partial charge in [0.1, 0.15) is 12.4 Å². The topological polar surface area (TPSA) is 23.5 Å². The second kappa shape index (κ2) is 7.53. The largest absolute Gasteiger partial charge is 0.398 e. The van der Waals surface area contributed by atoms with Crippen LogP contribution in [-0.2, 0) is 6.54 Å². The predicted molar refractivity (Wildman–Crippen MR) is 117 cm³/mol. The summed E-state index contributed by atoms with van der Waals surface area (Å²) in [6, 6.07) is 11.9. The Kier molecular flexibility index (Phi) is 5.09. The molecule has 0 N–H and O–H groups in total. The highest BCUT2D eigenvalue weighted by atomic mass is 35.5. The van der Waals surface area contributed by atoms with Crippen LogP contribution in [0.4, 0.5) is 11.4 Å². The summed E-state index contributed by atoms with van der Waals surface area (Å²) in [5.74, 6) is 1.89. The van der Waals surface area contributed by atoms with Gasteiger partial charge in [-0.1, -0.05) is 35.3 Å². The number of fused-ring (bicyclic) bond motifs is 2. The first-order chi connectivity index (χ1) is 13.5. The summed E-state index contributed by atoms with van der Waals surface area (Å²) in [6.07, 6.45) is 6.10. The number of oxazole rings is 1. The third kappa shape index (κ3) is 3.07. The molecule has 0 spiro atoms. The fourth-order valence-corrected chi connectivity index (χ4v) is 4.01. The highest BCUT2D eigenvalue weighted by Gasteiger charge is 2.28. The second-order valence-electron chi connectivity index (χ2n) is 6.59. The zero-order chi connectivity index (χ0) is 19.8. The minimum atomic E-state index is 0.561. The molecule has 0 amide bonds. The number of benzene rings is 2. The third-order valence-corrected chi connectivity index (χ3v) is 5.77. The van der Waals surface area contributed by atoms with Crippen LogP contribution >= 0.6 is 23.2 Å². The average Bonchev–Trinajstić information content (AvgIpc) is 3.17. The molecule has 144 valence electrons. The first-order valence-corrected chi connectivity index (χ1v) is 10.1. The van der Waals surface area contributed by atoms with Crippen LogP contribution in [0.2, 0.25) is 10.0 Å². The summed E-state index contributed by atoms with van der Waals surface area (Å²) >= 11 is 12.5. The van der Waals surface area contributed by atoms with Crippen LogP contribution in [0, 0.1) is 0 Å². The number of rotatable bonds is 4. The number of allylic oxidation sites excluding steroid dienone is 2. The zero-order valence-corrected chi connectivity index (χ0v) is 17.6. The van der Waals surface area contributed by atoms with Gasteiger partial charge in [0.05, 0.1) is 27.5 Å². The molecule has 1 aliphatic rings. The fourth-order valence-electron chi connectivity index (χ4n) is 3.69. The maximum Gasteiger partial charge on any atom is 0.374 e. The van der Waals surface area contributed by atoms with E-state index in [1.54, 1.807) is 0 Å². The molecule has 0 saturated heterocycles. The van der Waals surface area contributed by atoms with Gasteiger partial charge in [-0.2, -0.15) is 4.57 Å². The van der Waals surface area contributed by atoms with E-state index in [9.17, 15) is 0 Å². The van der Waals surface area contributed by atoms with E-state index in [2.05, 4.69) is 40.4 Å². The van der Waals surface area contributed by atoms with Gasteiger partial charge in [-0.05, 0) is 44.2 Å². The number of halogens is 2. The molecule has 1 aliphatic heterocycles. The van der Waals surface area contributed by atoms with Crippen molar-refractivity contribution in [2.24, 2.45) is 0 Å². The number of aryl methyl sites for hydroxylation is 1. The summed E-state index contributed by atoms with van der Waals surface area (Å²) in [7, 11) is 2.03. The normalized spacial score (nSPS) is 15.4. The van der Waals surface area contributed by atoms with Crippen molar-refractivity contribution in [3.8, 4) is 0 Å². The van der Waals surface area contributed by atoms with Gasteiger partial charge in [0, 0.05) is 19.7 Å². The van der Waals surface area contributed by atoms with E-state index in [1.165, 1.54) is 0 Å². The van der Waals surface area contributed by atoms with Crippen molar-refractivity contribution < 1.29 is 8.98 Å². The van der Waals surface area contributed by atoms with Gasteiger partial charge in [-0.15, -0.1) is 0 Å². The maximum atomic E-state index is 6.24. The summed E-state index contributed by atoms with van der Waals surface area (Å²) in [4.78, 5) is 4.34. The molecule has 3 aromatic rings. The number of hydrogen-bond acceptors (Lipinski definition) is 3. The zero-order valence-electron chi connectivity index (χ0n) is 16.1. The van der Waals surface area contributed by atoms with E-state index in [0.29, 0.717) is 10.0 Å². The first kappa shape index (κ1) is 18.9. The van der Waals surface area contributed by atoms with Gasteiger partial charge in [0.25, 0.3) is 5.52 Å². The minimum absolute atomic E-state index is 0.561. The number of nitrogens with zero attached hydrogens (tertiary/aromatic N) is 3. The molecule has 4 rings (SSSR count). The van der Waals surface area contributed by atoms with Crippen LogP contribution in [0.15, 0.2) is 58.8 Å². The molecule has 4 nitrogen and oxygen atoms in total. The monoisotopic (exact) mass is 414 g/mol. The Labute approximate surface area is 174 Å². The lowest BCUT2D eigenvalue weighted by atomic mass is 10.2. The maximum absolute atomic E-state index is 6.24. The van der Waals surface area contributed by atoms with Crippen LogP contribution in [0.1, 0.15) is 19.7 Å². The SMILES string of the molecule is CCN1/C(=C\C=C\c2oc3ccccc3[n+]2CC)N(C)c2cc(Cl)c(Cl)cc21. The lowest BCUT2D eigenvalue weighted by Gasteiger charge is -2.20. The molecular formula is C22H22Cl2N3O+. The molecule has 1 aromatic heterocycles. The highest BCUT2D eigenvalue weighted by Crippen LogP contribution is 2.44. The Morgan fingerprint density at radius 3 is 2.50 bits per heavy atom. The predicted octanol–water partition coefficient (Wildman–Crippen LogP) is 5.88. The standard InChI is InChI=1S/C22H22Cl2N3O/c1-4-26-19-14-16(24)15(23)13-18(19)25(3)21(26)11-8-12-22-27(5-2)17-9-6-7-10-20(17)28-22/h6-14H,4-5H2,1-3H3/q+1. The van der Waals surface area contributed by atoms with E-state index < -0.39 is 0 Å². The Balaban J connectivity index is 1.70. The third-order valence-electron chi connectivity index (χ3n) is 5.04. The Bertz CT molecular complexity index is 1100. The van der Waals surface area contributed by atoms with Crippen LogP contribution in [0.3, 0.4) is 0 Å². The average molecular weight is 415 g/mol. The van der Waals surface area contributed by atoms with Gasteiger partial charge < -0.3 is 14.2 Å². The summed E-state index contributed by atoms with van der Waals surface area (Å²) < 4.78 is 8.17. The van der Waals surface area contributed by atoms with Crippen LogP contribution in [0.5, 0.6) is 0 Å². The van der Waals surface area contributed by atoms with E-state index >= 15 is 0 Å². The molecule has 0 bridgehead atoms. The molecule has 6 heteroatoms. The summed E-state index contributed by atoms with van der Waals surface area (Å²) in [6.45, 7) is 5.91. The van der Waals surface area contributed by atoms with Crippen molar-refractivity contribution in [3.05, 3.63) is 70.3 Å². The van der Waals surface area contributed by atoms with Crippen molar-refractivity contribution in [3.63, 3.8) is 0 Å². The van der Waals surface area contributed by atoms with Crippen molar-refractivity contribution in [1.29, 1.82) is 0 Å². The molecule has 2 aromatic carbocycles. The lowest BCUT2D eigenvalue weighted by molar-refractivity contribution is -0.674. The Hall–Kier alpha value is -2.43. The van der Waals surface area contributed by atoms with Crippen LogP contribution in [0.25, 0.3) is 17.2 Å². The number of anilines is 2. The smallest absolute Gasteiger partial charge is 0.374 e. The molecule has 0 saturated carbocycles. The van der Waals surface area contributed by atoms with Gasteiger partial charge in [-0.25, -0.2) is 0 Å². The van der Waals surface area contributed by atoms with Crippen molar-refractivity contribution in [2.75, 3.05) is 23.4 Å². The van der Waals surface area contributed by atoms with Crippen molar-refractivity contribution >= 4 is 51.8 Å². The van der Waals surface area contributed by atoms with E-state index in [-0.39, 0.29) is 0 Å². The summed E-state index contributed by atoms with van der Waals surface area (Å²) in [5, 5.41) is 1.13. The Morgan fingerprint density at radius 2 is 1.79 bits per heavy atom. The number of para-hydroxylation sites is 2. The fraction of sp³-hybridized carbons (Fsp3) is 0.227. The lowest BCUT2D eigenvalue weighted by Crippen LogP contribution is -2.33. The van der Waals surface area contributed by atoms with Crippen LogP contribution in [-0.4, -0.2) is 13.6 Å². The molecule has 2 heterocycles. The van der Waals surface area contributed by atoms with Gasteiger partial charge in [0.15, 0.2) is 0 Å². The molecule has 0 aliphatic carbocycles. The number of aromatic nitrogens is 1. The van der Waals surface area contributed by atoms with Gasteiger partial charge in [-0.3, -0.25) is 0 Å². The van der Waals surface area contributed by atoms with Crippen LogP contribution < -0.4 is 14.4 Å². The van der Waals surface area contributed by atoms with Crippen molar-refractivity contribution in [1.82, 2.24) is 0 Å². The Morgan fingerprint density at radius 1 is 1.07 bits per heavy atom. The minimum Gasteiger partial charge on any atom is -0.398 e. The van der Waals surface area contributed by atoms with E-state index in [4.69, 9.17) is 27.6 Å². The van der Waals surface area contributed by atoms with Gasteiger partial charge in [0.2, 0.25) is 5.58 Å². The molecule has 0 radical (unpaired) electrons. The molecule has 28 heavy (non-hydrogen) atoms. The molecule has 0 fully saturated rings. The van der Waals surface area contributed by atoms with Crippen molar-refractivity contribution in [2.45, 2.75) is 20.4 Å². The second-order valence-corrected chi connectivity index (χ2v) is 7.41. The molecular weight excluding hydrogens is 393 g/mol. The number of hydrogen-bond donors (Lipinski definition) is 0. The molecule has 0 atom stereocenters. The highest BCUT2D eigenvalue weighted by molar-refractivity contribution is 6.42. The molecule has 0 unspecified atom stereocenters. The van der Waals surface area contributed by atoms with E-state index in [1.807, 2.05) is 49.5 Å². The van der Waals surface area contributed by atoms with E-state index in [0.717, 1.165) is 47.3 Å². The summed E-state index contributed by atoms with van der Waals surface area (Å²) in [5.41, 5.74) is 4.10. The quantitative estimate of drug-likeness (QED) is 0.498.